The molecule has 7 nitrogen and oxygen atoms in total. The molecule has 0 unspecified atom stereocenters. The molecule has 0 fully saturated rings. The third-order valence-corrected chi connectivity index (χ3v) is 5.00. The molecule has 2 N–H and O–H groups in total. The Bertz CT molecular complexity index is 994. The molecule has 2 heterocycles. The lowest BCUT2D eigenvalue weighted by Gasteiger charge is -2.11. The van der Waals surface area contributed by atoms with Crippen molar-refractivity contribution in [2.45, 2.75) is 24.5 Å². The number of thioether (sulfide) groups is 1. The van der Waals surface area contributed by atoms with E-state index in [-0.39, 0.29) is 10.5 Å². The second kappa shape index (κ2) is 9.46. The van der Waals surface area contributed by atoms with Gasteiger partial charge in [-0.2, -0.15) is 8.78 Å². The van der Waals surface area contributed by atoms with Crippen LogP contribution in [0.15, 0.2) is 47.9 Å². The number of nitrogens with zero attached hydrogens (tertiary/aromatic N) is 4. The lowest BCUT2D eigenvalue weighted by Crippen LogP contribution is -2.29. The number of imidazole rings is 1. The Balaban J connectivity index is 1.56. The van der Waals surface area contributed by atoms with Crippen molar-refractivity contribution in [3.05, 3.63) is 59.9 Å². The van der Waals surface area contributed by atoms with Crippen LogP contribution in [0.4, 0.5) is 14.6 Å². The molecule has 0 spiro atoms. The summed E-state index contributed by atoms with van der Waals surface area (Å²) in [6.45, 7) is 4.59. The Morgan fingerprint density at radius 1 is 1.17 bits per heavy atom. The van der Waals surface area contributed by atoms with Crippen molar-refractivity contribution in [3.8, 4) is 5.82 Å². The highest BCUT2D eigenvalue weighted by Crippen LogP contribution is 2.28. The van der Waals surface area contributed by atoms with Gasteiger partial charge in [0.2, 0.25) is 0 Å². The fraction of sp³-hybridized carbons (Fsp3) is 0.263. The van der Waals surface area contributed by atoms with Crippen LogP contribution < -0.4 is 10.6 Å². The van der Waals surface area contributed by atoms with Crippen LogP contribution in [0, 0.1) is 13.8 Å². The number of alkyl halides is 2. The third kappa shape index (κ3) is 5.29. The minimum Gasteiger partial charge on any atom is -0.368 e. The van der Waals surface area contributed by atoms with Crippen molar-refractivity contribution in [2.24, 2.45) is 0 Å². The molecule has 0 saturated heterocycles. The highest BCUT2D eigenvalue weighted by atomic mass is 32.2. The van der Waals surface area contributed by atoms with E-state index < -0.39 is 11.7 Å². The van der Waals surface area contributed by atoms with E-state index in [1.165, 1.54) is 18.5 Å². The largest absolute Gasteiger partial charge is 0.368 e. The molecule has 3 rings (SSSR count). The molecule has 0 aliphatic rings. The first kappa shape index (κ1) is 20.7. The average Bonchev–Trinajstić information content (AvgIpc) is 3.04. The number of aromatic nitrogens is 4. The number of rotatable bonds is 8. The van der Waals surface area contributed by atoms with Gasteiger partial charge >= 0.3 is 0 Å². The summed E-state index contributed by atoms with van der Waals surface area (Å²) >= 11 is 0.358. The molecule has 0 saturated carbocycles. The Labute approximate surface area is 171 Å². The number of hydrogen-bond donors (Lipinski definition) is 2. The van der Waals surface area contributed by atoms with Gasteiger partial charge in [-0.1, -0.05) is 23.9 Å². The number of carbonyl (C=O) groups excluding carboxylic acids is 1. The lowest BCUT2D eigenvalue weighted by molar-refractivity contribution is 0.0952. The van der Waals surface area contributed by atoms with Crippen LogP contribution in [0.25, 0.3) is 5.82 Å². The van der Waals surface area contributed by atoms with E-state index >= 15 is 0 Å². The molecule has 0 aliphatic heterocycles. The topological polar surface area (TPSA) is 84.7 Å². The number of carbonyl (C=O) groups is 1. The summed E-state index contributed by atoms with van der Waals surface area (Å²) in [6.07, 6.45) is 3.15. The fourth-order valence-electron chi connectivity index (χ4n) is 2.62. The SMILES string of the molecule is Cc1ncn(-c2cc(NCCNC(=O)c3ccccc3SC(F)F)ncn2)c1C. The molecule has 29 heavy (non-hydrogen) atoms. The van der Waals surface area contributed by atoms with Crippen LogP contribution in [0.5, 0.6) is 0 Å². The maximum absolute atomic E-state index is 12.6. The minimum atomic E-state index is -2.58. The number of anilines is 1. The highest BCUT2D eigenvalue weighted by molar-refractivity contribution is 7.99. The summed E-state index contributed by atoms with van der Waals surface area (Å²) in [5, 5.41) is 5.83. The van der Waals surface area contributed by atoms with E-state index in [9.17, 15) is 13.6 Å². The zero-order valence-corrected chi connectivity index (χ0v) is 16.7. The summed E-state index contributed by atoms with van der Waals surface area (Å²) in [5.41, 5.74) is 2.14. The number of amides is 1. The van der Waals surface area contributed by atoms with E-state index in [1.54, 1.807) is 24.5 Å². The van der Waals surface area contributed by atoms with Gasteiger partial charge in [-0.25, -0.2) is 15.0 Å². The summed E-state index contributed by atoms with van der Waals surface area (Å²) in [6, 6.07) is 8.08. The lowest BCUT2D eigenvalue weighted by atomic mass is 10.2. The van der Waals surface area contributed by atoms with Gasteiger partial charge in [0, 0.05) is 29.7 Å². The predicted molar refractivity (Wildman–Crippen MR) is 108 cm³/mol. The number of halogens is 2. The van der Waals surface area contributed by atoms with Gasteiger partial charge in [-0.15, -0.1) is 0 Å². The Kier molecular flexibility index (Phi) is 6.76. The Hall–Kier alpha value is -3.01. The molecule has 3 aromatic rings. The molecule has 0 radical (unpaired) electrons. The van der Waals surface area contributed by atoms with Gasteiger partial charge in [-0.3, -0.25) is 9.36 Å². The standard InChI is InChI=1S/C19H20F2N6OS/c1-12-13(2)27(11-26-12)17-9-16(24-10-25-17)22-7-8-23-18(28)14-5-3-4-6-15(14)29-19(20)21/h3-6,9-11,19H,7-8H2,1-2H3,(H,23,28)(H,22,24,25). The van der Waals surface area contributed by atoms with Crippen LogP contribution in [-0.2, 0) is 0 Å². The quantitative estimate of drug-likeness (QED) is 0.431. The van der Waals surface area contributed by atoms with Crippen molar-refractivity contribution in [1.82, 2.24) is 24.8 Å². The Morgan fingerprint density at radius 3 is 2.69 bits per heavy atom. The minimum absolute atomic E-state index is 0.230. The molecule has 0 bridgehead atoms. The molecular weight excluding hydrogens is 398 g/mol. The van der Waals surface area contributed by atoms with Crippen molar-refractivity contribution in [2.75, 3.05) is 18.4 Å². The van der Waals surface area contributed by atoms with Gasteiger partial charge < -0.3 is 10.6 Å². The third-order valence-electron chi connectivity index (χ3n) is 4.22. The van der Waals surface area contributed by atoms with Crippen molar-refractivity contribution in [1.29, 1.82) is 0 Å². The van der Waals surface area contributed by atoms with Gasteiger partial charge in [-0.05, 0) is 26.0 Å². The van der Waals surface area contributed by atoms with E-state index in [4.69, 9.17) is 0 Å². The van der Waals surface area contributed by atoms with Crippen molar-refractivity contribution < 1.29 is 13.6 Å². The van der Waals surface area contributed by atoms with Crippen molar-refractivity contribution >= 4 is 23.5 Å². The summed E-state index contributed by atoms with van der Waals surface area (Å²) in [7, 11) is 0. The molecule has 1 amide bonds. The van der Waals surface area contributed by atoms with Crippen LogP contribution in [-0.4, -0.2) is 44.3 Å². The highest BCUT2D eigenvalue weighted by Gasteiger charge is 2.14. The molecule has 0 atom stereocenters. The van der Waals surface area contributed by atoms with Gasteiger partial charge in [0.05, 0.1) is 11.3 Å². The van der Waals surface area contributed by atoms with E-state index in [0.717, 1.165) is 11.4 Å². The first-order valence-electron chi connectivity index (χ1n) is 8.84. The first-order chi connectivity index (χ1) is 14.0. The van der Waals surface area contributed by atoms with Gasteiger partial charge in [0.15, 0.2) is 0 Å². The van der Waals surface area contributed by atoms with E-state index in [2.05, 4.69) is 25.6 Å². The number of hydrogen-bond acceptors (Lipinski definition) is 6. The Morgan fingerprint density at radius 2 is 1.97 bits per heavy atom. The second-order valence-corrected chi connectivity index (χ2v) is 7.14. The van der Waals surface area contributed by atoms with Gasteiger partial charge in [0.25, 0.3) is 11.7 Å². The first-order valence-corrected chi connectivity index (χ1v) is 9.72. The molecular formula is C19H20F2N6OS. The van der Waals surface area contributed by atoms with Gasteiger partial charge in [0.1, 0.15) is 24.3 Å². The van der Waals surface area contributed by atoms with Crippen molar-refractivity contribution in [3.63, 3.8) is 0 Å². The van der Waals surface area contributed by atoms with E-state index in [1.807, 2.05) is 18.4 Å². The van der Waals surface area contributed by atoms with E-state index in [0.29, 0.717) is 36.5 Å². The number of nitrogens with one attached hydrogen (secondary N) is 2. The van der Waals surface area contributed by atoms with Crippen LogP contribution in [0.3, 0.4) is 0 Å². The summed E-state index contributed by atoms with van der Waals surface area (Å²) in [4.78, 5) is 25.2. The summed E-state index contributed by atoms with van der Waals surface area (Å²) < 4.78 is 27.1. The molecule has 2 aromatic heterocycles. The number of benzene rings is 1. The maximum atomic E-state index is 12.6. The normalized spacial score (nSPS) is 10.9. The zero-order valence-electron chi connectivity index (χ0n) is 15.9. The van der Waals surface area contributed by atoms with Crippen LogP contribution in [0.2, 0.25) is 0 Å². The maximum Gasteiger partial charge on any atom is 0.288 e. The smallest absolute Gasteiger partial charge is 0.288 e. The molecule has 10 heteroatoms. The summed E-state index contributed by atoms with van der Waals surface area (Å²) in [5.74, 6) is -1.70. The second-order valence-electron chi connectivity index (χ2n) is 6.10. The fourth-order valence-corrected chi connectivity index (χ4v) is 3.26. The predicted octanol–water partition coefficient (Wildman–Crippen LogP) is 3.44. The number of aryl methyl sites for hydroxylation is 1. The van der Waals surface area contributed by atoms with Crippen LogP contribution >= 0.6 is 11.8 Å². The monoisotopic (exact) mass is 418 g/mol. The zero-order chi connectivity index (χ0) is 20.8. The molecule has 0 aliphatic carbocycles. The molecule has 1 aromatic carbocycles. The molecule has 152 valence electrons. The average molecular weight is 418 g/mol. The van der Waals surface area contributed by atoms with Crippen LogP contribution in [0.1, 0.15) is 21.7 Å².